The third kappa shape index (κ3) is 2.86. The number of rotatable bonds is 4. The maximum absolute atomic E-state index is 13.0. The summed E-state index contributed by atoms with van der Waals surface area (Å²) < 4.78 is 34.6. The van der Waals surface area contributed by atoms with Crippen LogP contribution in [0.15, 0.2) is 15.7 Å². The van der Waals surface area contributed by atoms with Crippen LogP contribution < -0.4 is 0 Å². The van der Waals surface area contributed by atoms with Crippen molar-refractivity contribution in [3.8, 4) is 0 Å². The number of hydrogen-bond acceptors (Lipinski definition) is 6. The third-order valence-electron chi connectivity index (χ3n) is 4.47. The van der Waals surface area contributed by atoms with E-state index in [0.29, 0.717) is 24.5 Å². The summed E-state index contributed by atoms with van der Waals surface area (Å²) in [5.74, 6) is 1.22. The first kappa shape index (κ1) is 17.1. The molecule has 0 aromatic carbocycles. The van der Waals surface area contributed by atoms with Gasteiger partial charge in [-0.3, -0.25) is 0 Å². The molecule has 2 aromatic heterocycles. The lowest BCUT2D eigenvalue weighted by Gasteiger charge is -2.31. The summed E-state index contributed by atoms with van der Waals surface area (Å²) in [5, 5.41) is 12.0. The molecule has 1 saturated heterocycles. The summed E-state index contributed by atoms with van der Waals surface area (Å²) in [7, 11) is -3.62. The first-order valence-corrected chi connectivity index (χ1v) is 9.58. The predicted molar refractivity (Wildman–Crippen MR) is 87.1 cm³/mol. The fraction of sp³-hybridized carbons (Fsp3) is 0.667. The number of hydrogen-bond donors (Lipinski definition) is 0. The molecule has 0 bridgehead atoms. The lowest BCUT2D eigenvalue weighted by Crippen LogP contribution is -2.40. The molecule has 1 atom stereocenters. The van der Waals surface area contributed by atoms with Crippen LogP contribution in [0.1, 0.15) is 55.9 Å². The quantitative estimate of drug-likeness (QED) is 0.835. The van der Waals surface area contributed by atoms with E-state index in [1.54, 1.807) is 20.2 Å². The summed E-state index contributed by atoms with van der Waals surface area (Å²) >= 11 is 0. The van der Waals surface area contributed by atoms with Crippen LogP contribution in [0.5, 0.6) is 0 Å². The van der Waals surface area contributed by atoms with Crippen molar-refractivity contribution < 1.29 is 12.9 Å². The number of sulfonamides is 1. The summed E-state index contributed by atoms with van der Waals surface area (Å²) in [5.41, 5.74) is 0.403. The van der Waals surface area contributed by atoms with Gasteiger partial charge in [-0.25, -0.2) is 8.42 Å². The van der Waals surface area contributed by atoms with E-state index in [9.17, 15) is 8.42 Å². The van der Waals surface area contributed by atoms with Crippen LogP contribution in [0, 0.1) is 13.8 Å². The highest BCUT2D eigenvalue weighted by atomic mass is 32.2. The summed E-state index contributed by atoms with van der Waals surface area (Å²) in [6.07, 6.45) is 3.40. The normalized spacial score (nSPS) is 20.0. The average molecular weight is 353 g/mol. The molecule has 0 spiro atoms. The molecule has 24 heavy (non-hydrogen) atoms. The Morgan fingerprint density at radius 2 is 2.08 bits per heavy atom. The highest BCUT2D eigenvalue weighted by Gasteiger charge is 2.36. The van der Waals surface area contributed by atoms with Crippen LogP contribution in [0.25, 0.3) is 0 Å². The van der Waals surface area contributed by atoms with E-state index >= 15 is 0 Å². The zero-order valence-corrected chi connectivity index (χ0v) is 15.2. The monoisotopic (exact) mass is 353 g/mol. The molecule has 3 heterocycles. The Kier molecular flexibility index (Phi) is 4.48. The molecule has 0 saturated carbocycles. The minimum Gasteiger partial charge on any atom is -0.360 e. The van der Waals surface area contributed by atoms with E-state index < -0.39 is 10.0 Å². The van der Waals surface area contributed by atoms with Gasteiger partial charge in [-0.2, -0.15) is 4.31 Å². The lowest BCUT2D eigenvalue weighted by atomic mass is 9.98. The van der Waals surface area contributed by atoms with Gasteiger partial charge in [0.2, 0.25) is 10.0 Å². The van der Waals surface area contributed by atoms with Crippen LogP contribution in [0.3, 0.4) is 0 Å². The van der Waals surface area contributed by atoms with Crippen LogP contribution in [0.4, 0.5) is 0 Å². The van der Waals surface area contributed by atoms with Crippen molar-refractivity contribution in [1.29, 1.82) is 0 Å². The van der Waals surface area contributed by atoms with Crippen molar-refractivity contribution in [3.05, 3.63) is 23.6 Å². The van der Waals surface area contributed by atoms with Crippen molar-refractivity contribution in [1.82, 2.24) is 24.2 Å². The molecule has 2 aromatic rings. The highest BCUT2D eigenvalue weighted by molar-refractivity contribution is 7.89. The fourth-order valence-electron chi connectivity index (χ4n) is 3.29. The molecule has 132 valence electrons. The zero-order valence-electron chi connectivity index (χ0n) is 14.4. The van der Waals surface area contributed by atoms with Crippen LogP contribution in [-0.4, -0.2) is 45.7 Å². The van der Waals surface area contributed by atoms with Crippen LogP contribution in [0.2, 0.25) is 0 Å². The molecule has 0 radical (unpaired) electrons. The first-order chi connectivity index (χ1) is 11.3. The smallest absolute Gasteiger partial charge is 0.248 e. The van der Waals surface area contributed by atoms with Gasteiger partial charge >= 0.3 is 0 Å². The maximum atomic E-state index is 13.0. The van der Waals surface area contributed by atoms with Crippen molar-refractivity contribution in [2.45, 2.75) is 57.4 Å². The van der Waals surface area contributed by atoms with Gasteiger partial charge in [-0.15, -0.1) is 10.2 Å². The molecule has 0 aliphatic carbocycles. The average Bonchev–Trinajstić information content (AvgIpc) is 3.14. The standard InChI is InChI=1S/C15H23N5O3S/c1-10(2)20-9-16-17-15(20)13-6-5-7-19(8-13)24(21,22)14-11(3)18-23-12(14)4/h9-10,13H,5-8H2,1-4H3. The predicted octanol–water partition coefficient (Wildman–Crippen LogP) is 2.03. The second kappa shape index (κ2) is 6.29. The van der Waals surface area contributed by atoms with Crippen molar-refractivity contribution >= 4 is 10.0 Å². The molecule has 1 unspecified atom stereocenters. The summed E-state index contributed by atoms with van der Waals surface area (Å²) in [6.45, 7) is 8.31. The Hall–Kier alpha value is -1.74. The minimum atomic E-state index is -3.62. The van der Waals surface area contributed by atoms with Gasteiger partial charge in [0.25, 0.3) is 0 Å². The second-order valence-electron chi connectivity index (χ2n) is 6.55. The van der Waals surface area contributed by atoms with E-state index in [1.165, 1.54) is 4.31 Å². The first-order valence-electron chi connectivity index (χ1n) is 8.14. The minimum absolute atomic E-state index is 0.0406. The second-order valence-corrected chi connectivity index (χ2v) is 8.42. The number of aromatic nitrogens is 4. The molecular formula is C15H23N5O3S. The zero-order chi connectivity index (χ0) is 17.5. The number of piperidine rings is 1. The van der Waals surface area contributed by atoms with Gasteiger partial charge < -0.3 is 9.09 Å². The van der Waals surface area contributed by atoms with Crippen LogP contribution in [-0.2, 0) is 10.0 Å². The van der Waals surface area contributed by atoms with E-state index in [1.807, 2.05) is 4.57 Å². The van der Waals surface area contributed by atoms with Gasteiger partial charge in [0, 0.05) is 25.0 Å². The Labute approximate surface area is 141 Å². The maximum Gasteiger partial charge on any atom is 0.248 e. The molecule has 1 aliphatic rings. The molecule has 1 fully saturated rings. The Morgan fingerprint density at radius 1 is 1.33 bits per heavy atom. The molecule has 9 heteroatoms. The summed E-state index contributed by atoms with van der Waals surface area (Å²) in [4.78, 5) is 0.188. The van der Waals surface area contributed by atoms with E-state index in [0.717, 1.165) is 18.7 Å². The van der Waals surface area contributed by atoms with Gasteiger partial charge in [0.05, 0.1) is 0 Å². The molecule has 0 N–H and O–H groups in total. The molecular weight excluding hydrogens is 330 g/mol. The highest BCUT2D eigenvalue weighted by Crippen LogP contribution is 2.32. The number of nitrogens with zero attached hydrogens (tertiary/aromatic N) is 5. The van der Waals surface area contributed by atoms with E-state index in [-0.39, 0.29) is 16.9 Å². The van der Waals surface area contributed by atoms with Gasteiger partial charge in [-0.05, 0) is 40.5 Å². The van der Waals surface area contributed by atoms with E-state index in [4.69, 9.17) is 4.52 Å². The summed E-state index contributed by atoms with van der Waals surface area (Å²) in [6, 6.07) is 0.240. The van der Waals surface area contributed by atoms with Crippen molar-refractivity contribution in [2.24, 2.45) is 0 Å². The van der Waals surface area contributed by atoms with Crippen LogP contribution >= 0.6 is 0 Å². The van der Waals surface area contributed by atoms with Gasteiger partial charge in [0.1, 0.15) is 22.7 Å². The molecule has 3 rings (SSSR count). The number of aryl methyl sites for hydroxylation is 2. The van der Waals surface area contributed by atoms with Gasteiger partial charge in [0.15, 0.2) is 5.76 Å². The Bertz CT molecular complexity index is 805. The Morgan fingerprint density at radius 3 is 2.71 bits per heavy atom. The molecule has 1 aliphatic heterocycles. The molecule has 0 amide bonds. The van der Waals surface area contributed by atoms with Crippen molar-refractivity contribution in [3.63, 3.8) is 0 Å². The SMILES string of the molecule is Cc1noc(C)c1S(=O)(=O)N1CCCC(c2nncn2C(C)C)C1. The topological polar surface area (TPSA) is 94.1 Å². The fourth-order valence-corrected chi connectivity index (χ4v) is 5.10. The largest absolute Gasteiger partial charge is 0.360 e. The molecule has 8 nitrogen and oxygen atoms in total. The van der Waals surface area contributed by atoms with Gasteiger partial charge in [-0.1, -0.05) is 5.16 Å². The Balaban J connectivity index is 1.90. The lowest BCUT2D eigenvalue weighted by molar-refractivity contribution is 0.301. The van der Waals surface area contributed by atoms with E-state index in [2.05, 4.69) is 29.2 Å². The van der Waals surface area contributed by atoms with Crippen molar-refractivity contribution in [2.75, 3.05) is 13.1 Å². The third-order valence-corrected chi connectivity index (χ3v) is 6.58.